The zero-order valence-electron chi connectivity index (χ0n) is 10.4. The molecule has 0 saturated heterocycles. The Labute approximate surface area is 98.3 Å². The third kappa shape index (κ3) is 2.64. The van der Waals surface area contributed by atoms with Crippen LogP contribution in [0.3, 0.4) is 0 Å². The maximum Gasteiger partial charge on any atom is 0.0946 e. The van der Waals surface area contributed by atoms with E-state index in [4.69, 9.17) is 0 Å². The molecule has 0 spiro atoms. The molecular weight excluding hydrogens is 198 g/mol. The summed E-state index contributed by atoms with van der Waals surface area (Å²) >= 11 is 0. The quantitative estimate of drug-likeness (QED) is 0.847. The van der Waals surface area contributed by atoms with Gasteiger partial charge < -0.3 is 9.88 Å². The summed E-state index contributed by atoms with van der Waals surface area (Å²) in [5.41, 5.74) is 1.31. The molecule has 0 bridgehead atoms. The molecule has 0 aliphatic heterocycles. The first-order chi connectivity index (χ1) is 7.81. The molecule has 16 heavy (non-hydrogen) atoms. The fourth-order valence-corrected chi connectivity index (χ4v) is 2.85. The van der Waals surface area contributed by atoms with Gasteiger partial charge in [0.05, 0.1) is 12.0 Å². The molecule has 0 amide bonds. The Morgan fingerprint density at radius 3 is 2.75 bits per heavy atom. The first-order valence-corrected chi connectivity index (χ1v) is 6.44. The SMILES string of the molecule is CNC(CC1CCCCC1)c1cncn1C. The van der Waals surface area contributed by atoms with Crippen molar-refractivity contribution in [1.82, 2.24) is 14.9 Å². The van der Waals surface area contributed by atoms with Gasteiger partial charge in [0.1, 0.15) is 0 Å². The van der Waals surface area contributed by atoms with Crippen LogP contribution in [0.25, 0.3) is 0 Å². The van der Waals surface area contributed by atoms with E-state index in [9.17, 15) is 0 Å². The highest BCUT2D eigenvalue weighted by Gasteiger charge is 2.20. The van der Waals surface area contributed by atoms with Crippen LogP contribution in [0.2, 0.25) is 0 Å². The summed E-state index contributed by atoms with van der Waals surface area (Å²) in [6.07, 6.45) is 12.2. The van der Waals surface area contributed by atoms with Crippen LogP contribution < -0.4 is 5.32 Å². The summed E-state index contributed by atoms with van der Waals surface area (Å²) in [5.74, 6) is 0.904. The van der Waals surface area contributed by atoms with E-state index in [0.29, 0.717) is 6.04 Å². The topological polar surface area (TPSA) is 29.9 Å². The zero-order valence-corrected chi connectivity index (χ0v) is 10.4. The van der Waals surface area contributed by atoms with Crippen molar-refractivity contribution in [1.29, 1.82) is 0 Å². The van der Waals surface area contributed by atoms with Crippen molar-refractivity contribution < 1.29 is 0 Å². The van der Waals surface area contributed by atoms with Crippen molar-refractivity contribution in [3.8, 4) is 0 Å². The highest BCUT2D eigenvalue weighted by atomic mass is 15.1. The van der Waals surface area contributed by atoms with Crippen molar-refractivity contribution in [2.45, 2.75) is 44.6 Å². The summed E-state index contributed by atoms with van der Waals surface area (Å²) in [4.78, 5) is 4.21. The fourth-order valence-electron chi connectivity index (χ4n) is 2.85. The lowest BCUT2D eigenvalue weighted by Crippen LogP contribution is -2.23. The van der Waals surface area contributed by atoms with Gasteiger partial charge in [-0.25, -0.2) is 4.98 Å². The van der Waals surface area contributed by atoms with Gasteiger partial charge in [-0.3, -0.25) is 0 Å². The second-order valence-corrected chi connectivity index (χ2v) is 5.01. The Bertz CT molecular complexity index is 313. The third-order valence-corrected chi connectivity index (χ3v) is 3.85. The average molecular weight is 221 g/mol. The minimum atomic E-state index is 0.468. The molecule has 3 heteroatoms. The van der Waals surface area contributed by atoms with E-state index in [1.54, 1.807) is 0 Å². The lowest BCUT2D eigenvalue weighted by molar-refractivity contribution is 0.301. The lowest BCUT2D eigenvalue weighted by atomic mass is 9.84. The summed E-state index contributed by atoms with van der Waals surface area (Å²) in [6, 6.07) is 0.468. The smallest absolute Gasteiger partial charge is 0.0946 e. The Balaban J connectivity index is 1.97. The maximum absolute atomic E-state index is 4.21. The van der Waals surface area contributed by atoms with Crippen LogP contribution in [-0.2, 0) is 7.05 Å². The Hall–Kier alpha value is -0.830. The number of hydrogen-bond donors (Lipinski definition) is 1. The lowest BCUT2D eigenvalue weighted by Gasteiger charge is -2.26. The predicted octanol–water partition coefficient (Wildman–Crippen LogP) is 2.65. The second-order valence-electron chi connectivity index (χ2n) is 5.01. The first-order valence-electron chi connectivity index (χ1n) is 6.44. The minimum absolute atomic E-state index is 0.468. The van der Waals surface area contributed by atoms with Crippen molar-refractivity contribution in [2.75, 3.05) is 7.05 Å². The van der Waals surface area contributed by atoms with Gasteiger partial charge >= 0.3 is 0 Å². The number of aryl methyl sites for hydroxylation is 1. The summed E-state index contributed by atoms with van der Waals surface area (Å²) in [7, 11) is 4.13. The molecule has 1 aromatic heterocycles. The molecule has 90 valence electrons. The summed E-state index contributed by atoms with van der Waals surface area (Å²) < 4.78 is 2.13. The van der Waals surface area contributed by atoms with E-state index in [1.165, 1.54) is 44.2 Å². The highest BCUT2D eigenvalue weighted by molar-refractivity contribution is 5.05. The Morgan fingerprint density at radius 1 is 1.44 bits per heavy atom. The highest BCUT2D eigenvalue weighted by Crippen LogP contribution is 2.31. The average Bonchev–Trinajstić information content (AvgIpc) is 2.74. The van der Waals surface area contributed by atoms with Crippen LogP contribution in [0.1, 0.15) is 50.3 Å². The molecule has 1 unspecified atom stereocenters. The van der Waals surface area contributed by atoms with Crippen LogP contribution in [0.4, 0.5) is 0 Å². The number of hydrogen-bond acceptors (Lipinski definition) is 2. The monoisotopic (exact) mass is 221 g/mol. The van der Waals surface area contributed by atoms with Gasteiger partial charge in [0.2, 0.25) is 0 Å². The van der Waals surface area contributed by atoms with Gasteiger partial charge in [-0.2, -0.15) is 0 Å². The van der Waals surface area contributed by atoms with Crippen LogP contribution >= 0.6 is 0 Å². The standard InChI is InChI=1S/C13H23N3/c1-14-12(13-9-15-10-16(13)2)8-11-6-4-3-5-7-11/h9-12,14H,3-8H2,1-2H3. The molecule has 1 aliphatic carbocycles. The van der Waals surface area contributed by atoms with E-state index in [2.05, 4.69) is 29.0 Å². The van der Waals surface area contributed by atoms with Crippen LogP contribution in [0.5, 0.6) is 0 Å². The van der Waals surface area contributed by atoms with Crippen molar-refractivity contribution in [3.05, 3.63) is 18.2 Å². The van der Waals surface area contributed by atoms with Gasteiger partial charge in [-0.15, -0.1) is 0 Å². The van der Waals surface area contributed by atoms with E-state index >= 15 is 0 Å². The molecule has 2 rings (SSSR count). The van der Waals surface area contributed by atoms with Crippen molar-refractivity contribution in [3.63, 3.8) is 0 Å². The molecule has 1 fully saturated rings. The predicted molar refractivity (Wildman–Crippen MR) is 66.2 cm³/mol. The van der Waals surface area contributed by atoms with Crippen LogP contribution in [0.15, 0.2) is 12.5 Å². The molecule has 1 saturated carbocycles. The number of imidazole rings is 1. The third-order valence-electron chi connectivity index (χ3n) is 3.85. The number of rotatable bonds is 4. The Morgan fingerprint density at radius 2 is 2.19 bits per heavy atom. The molecule has 3 nitrogen and oxygen atoms in total. The first kappa shape index (κ1) is 11.6. The molecular formula is C13H23N3. The summed E-state index contributed by atoms with van der Waals surface area (Å²) in [6.45, 7) is 0. The van der Waals surface area contributed by atoms with E-state index < -0.39 is 0 Å². The normalized spacial score (nSPS) is 19.9. The fraction of sp³-hybridized carbons (Fsp3) is 0.769. The minimum Gasteiger partial charge on any atom is -0.336 e. The molecule has 1 aromatic rings. The number of nitrogens with zero attached hydrogens (tertiary/aromatic N) is 2. The van der Waals surface area contributed by atoms with Gasteiger partial charge in [-0.1, -0.05) is 32.1 Å². The maximum atomic E-state index is 4.21. The molecule has 1 atom stereocenters. The van der Waals surface area contributed by atoms with Crippen molar-refractivity contribution >= 4 is 0 Å². The molecule has 1 heterocycles. The van der Waals surface area contributed by atoms with E-state index in [-0.39, 0.29) is 0 Å². The molecule has 1 aliphatic rings. The largest absolute Gasteiger partial charge is 0.336 e. The van der Waals surface area contributed by atoms with Gasteiger partial charge in [0.25, 0.3) is 0 Å². The van der Waals surface area contributed by atoms with Crippen molar-refractivity contribution in [2.24, 2.45) is 13.0 Å². The van der Waals surface area contributed by atoms with Crippen LogP contribution in [0, 0.1) is 5.92 Å². The number of nitrogens with one attached hydrogen (secondary N) is 1. The van der Waals surface area contributed by atoms with Gasteiger partial charge in [0.15, 0.2) is 0 Å². The Kier molecular flexibility index (Phi) is 3.99. The van der Waals surface area contributed by atoms with E-state index in [1.807, 2.05) is 12.5 Å². The molecule has 0 radical (unpaired) electrons. The number of aromatic nitrogens is 2. The summed E-state index contributed by atoms with van der Waals surface area (Å²) in [5, 5.41) is 3.43. The second kappa shape index (κ2) is 5.48. The van der Waals surface area contributed by atoms with Gasteiger partial charge in [0, 0.05) is 19.3 Å². The van der Waals surface area contributed by atoms with Gasteiger partial charge in [-0.05, 0) is 19.4 Å². The van der Waals surface area contributed by atoms with E-state index in [0.717, 1.165) is 5.92 Å². The molecule has 0 aromatic carbocycles. The van der Waals surface area contributed by atoms with Crippen LogP contribution in [-0.4, -0.2) is 16.6 Å². The molecule has 1 N–H and O–H groups in total. The zero-order chi connectivity index (χ0) is 11.4.